The largest absolute Gasteiger partial charge is 0.312 e. The van der Waals surface area contributed by atoms with Crippen LogP contribution in [0.5, 0.6) is 0 Å². The van der Waals surface area contributed by atoms with Crippen molar-refractivity contribution in [2.75, 3.05) is 6.54 Å². The van der Waals surface area contributed by atoms with Crippen LogP contribution in [0.15, 0.2) is 17.8 Å². The van der Waals surface area contributed by atoms with Crippen LogP contribution in [-0.4, -0.2) is 21.3 Å². The van der Waals surface area contributed by atoms with Gasteiger partial charge in [0.1, 0.15) is 10.7 Å². The molecule has 0 saturated heterocycles. The first-order valence-electron chi connectivity index (χ1n) is 5.80. The fourth-order valence-electron chi connectivity index (χ4n) is 1.68. The highest BCUT2D eigenvalue weighted by Crippen LogP contribution is 2.23. The minimum atomic E-state index is 0.662. The zero-order valence-corrected chi connectivity index (χ0v) is 11.3. The number of rotatable bonds is 5. The van der Waals surface area contributed by atoms with Crippen molar-refractivity contribution >= 4 is 11.3 Å². The minimum absolute atomic E-state index is 0.662. The van der Waals surface area contributed by atoms with Gasteiger partial charge < -0.3 is 5.32 Å². The van der Waals surface area contributed by atoms with Crippen LogP contribution in [0, 0.1) is 5.92 Å². The molecule has 2 aromatic rings. The number of hydrogen-bond donors (Lipinski definition) is 1. The van der Waals surface area contributed by atoms with E-state index in [9.17, 15) is 0 Å². The highest BCUT2D eigenvalue weighted by molar-refractivity contribution is 7.13. The molecule has 0 atom stereocenters. The molecule has 2 rings (SSSR count). The summed E-state index contributed by atoms with van der Waals surface area (Å²) in [6, 6.07) is 0. The van der Waals surface area contributed by atoms with Crippen molar-refractivity contribution in [2.45, 2.75) is 20.4 Å². The Bertz CT molecular complexity index is 459. The van der Waals surface area contributed by atoms with Gasteiger partial charge in [0.25, 0.3) is 0 Å². The average Bonchev–Trinajstić information content (AvgIpc) is 2.86. The van der Waals surface area contributed by atoms with E-state index in [-0.39, 0.29) is 0 Å². The van der Waals surface area contributed by atoms with Gasteiger partial charge in [-0.3, -0.25) is 4.68 Å². The van der Waals surface area contributed by atoms with E-state index in [2.05, 4.69) is 35.4 Å². The monoisotopic (exact) mass is 250 g/mol. The maximum Gasteiger partial charge on any atom is 0.143 e. The Morgan fingerprint density at radius 3 is 2.94 bits per heavy atom. The molecule has 0 aliphatic carbocycles. The Balaban J connectivity index is 2.11. The fourth-order valence-corrected chi connectivity index (χ4v) is 2.34. The lowest BCUT2D eigenvalue weighted by Crippen LogP contribution is -2.19. The zero-order valence-electron chi connectivity index (χ0n) is 10.5. The van der Waals surface area contributed by atoms with Crippen molar-refractivity contribution in [1.82, 2.24) is 20.1 Å². The Hall–Kier alpha value is -1.20. The second-order valence-electron chi connectivity index (χ2n) is 4.54. The van der Waals surface area contributed by atoms with Crippen LogP contribution in [0.25, 0.3) is 10.7 Å². The molecule has 0 spiro atoms. The fraction of sp³-hybridized carbons (Fsp3) is 0.500. The highest BCUT2D eigenvalue weighted by Gasteiger charge is 2.11. The van der Waals surface area contributed by atoms with Crippen LogP contribution in [0.3, 0.4) is 0 Å². The van der Waals surface area contributed by atoms with Gasteiger partial charge in [0.05, 0.1) is 0 Å². The lowest BCUT2D eigenvalue weighted by molar-refractivity contribution is 0.552. The average molecular weight is 250 g/mol. The van der Waals surface area contributed by atoms with Gasteiger partial charge in [0.15, 0.2) is 0 Å². The molecule has 0 aromatic carbocycles. The van der Waals surface area contributed by atoms with Gasteiger partial charge in [0, 0.05) is 36.9 Å². The third-order valence-corrected chi connectivity index (χ3v) is 3.19. The van der Waals surface area contributed by atoms with Crippen molar-refractivity contribution in [3.05, 3.63) is 23.3 Å². The molecule has 92 valence electrons. The highest BCUT2D eigenvalue weighted by atomic mass is 32.1. The molecule has 0 aliphatic rings. The first kappa shape index (κ1) is 12.3. The first-order chi connectivity index (χ1) is 8.16. The second kappa shape index (κ2) is 5.42. The number of aromatic nitrogens is 3. The minimum Gasteiger partial charge on any atom is -0.312 e. The lowest BCUT2D eigenvalue weighted by Gasteiger charge is -2.06. The van der Waals surface area contributed by atoms with E-state index in [4.69, 9.17) is 0 Å². The number of nitrogens with zero attached hydrogens (tertiary/aromatic N) is 3. The molecule has 0 aliphatic heterocycles. The molecule has 0 amide bonds. The predicted octanol–water partition coefficient (Wildman–Crippen LogP) is 2.29. The molecule has 5 heteroatoms. The van der Waals surface area contributed by atoms with Gasteiger partial charge >= 0.3 is 0 Å². The van der Waals surface area contributed by atoms with Crippen molar-refractivity contribution in [3.63, 3.8) is 0 Å². The Morgan fingerprint density at radius 2 is 2.29 bits per heavy atom. The first-order valence-corrected chi connectivity index (χ1v) is 6.68. The van der Waals surface area contributed by atoms with E-state index < -0.39 is 0 Å². The summed E-state index contributed by atoms with van der Waals surface area (Å²) in [5.41, 5.74) is 2.21. The molecule has 0 saturated carbocycles. The van der Waals surface area contributed by atoms with Gasteiger partial charge in [-0.05, 0) is 12.5 Å². The Morgan fingerprint density at radius 1 is 1.47 bits per heavy atom. The summed E-state index contributed by atoms with van der Waals surface area (Å²) in [5.74, 6) is 0.662. The van der Waals surface area contributed by atoms with Crippen LogP contribution < -0.4 is 5.32 Å². The lowest BCUT2D eigenvalue weighted by atomic mass is 10.2. The number of thiazole rings is 1. The van der Waals surface area contributed by atoms with Crippen molar-refractivity contribution < 1.29 is 0 Å². The molecule has 2 heterocycles. The third kappa shape index (κ3) is 3.14. The van der Waals surface area contributed by atoms with Crippen molar-refractivity contribution in [1.29, 1.82) is 0 Å². The van der Waals surface area contributed by atoms with E-state index in [0.717, 1.165) is 23.8 Å². The maximum absolute atomic E-state index is 4.48. The summed E-state index contributed by atoms with van der Waals surface area (Å²) in [6.45, 7) is 6.28. The van der Waals surface area contributed by atoms with Crippen LogP contribution in [0.1, 0.15) is 19.4 Å². The van der Waals surface area contributed by atoms with Crippen LogP contribution in [0.4, 0.5) is 0 Å². The molecular weight excluding hydrogens is 232 g/mol. The standard InChI is InChI=1S/C12H18N4S/c1-9(2)6-13-7-10-8-16(3)15-11(10)12-14-4-5-17-12/h4-5,8-9,13H,6-7H2,1-3H3. The topological polar surface area (TPSA) is 42.7 Å². The van der Waals surface area contributed by atoms with Crippen LogP contribution in [0.2, 0.25) is 0 Å². The number of hydrogen-bond acceptors (Lipinski definition) is 4. The van der Waals surface area contributed by atoms with Gasteiger partial charge in [-0.15, -0.1) is 11.3 Å². The smallest absolute Gasteiger partial charge is 0.143 e. The van der Waals surface area contributed by atoms with Crippen molar-refractivity contribution in [2.24, 2.45) is 13.0 Å². The Labute approximate surface area is 106 Å². The second-order valence-corrected chi connectivity index (χ2v) is 5.43. The van der Waals surface area contributed by atoms with Crippen LogP contribution >= 0.6 is 11.3 Å². The molecule has 0 bridgehead atoms. The Kier molecular flexibility index (Phi) is 3.91. The van der Waals surface area contributed by atoms with Gasteiger partial charge in [-0.25, -0.2) is 4.98 Å². The van der Waals surface area contributed by atoms with Crippen LogP contribution in [-0.2, 0) is 13.6 Å². The molecule has 1 N–H and O–H groups in total. The molecule has 0 fully saturated rings. The SMILES string of the molecule is CC(C)CNCc1cn(C)nc1-c1nccs1. The molecule has 0 unspecified atom stereocenters. The molecule has 4 nitrogen and oxygen atoms in total. The summed E-state index contributed by atoms with van der Waals surface area (Å²) in [7, 11) is 1.95. The molecule has 0 radical (unpaired) electrons. The summed E-state index contributed by atoms with van der Waals surface area (Å²) in [5, 5.41) is 10.9. The number of aryl methyl sites for hydroxylation is 1. The predicted molar refractivity (Wildman–Crippen MR) is 70.9 cm³/mol. The van der Waals surface area contributed by atoms with Gasteiger partial charge in [0.2, 0.25) is 0 Å². The summed E-state index contributed by atoms with van der Waals surface area (Å²) in [6.07, 6.45) is 3.88. The number of nitrogens with one attached hydrogen (secondary N) is 1. The van der Waals surface area contributed by atoms with Gasteiger partial charge in [-0.1, -0.05) is 13.8 Å². The molecule has 2 aromatic heterocycles. The van der Waals surface area contributed by atoms with E-state index in [1.807, 2.05) is 23.3 Å². The quantitative estimate of drug-likeness (QED) is 0.885. The van der Waals surface area contributed by atoms with E-state index in [0.29, 0.717) is 5.92 Å². The zero-order chi connectivity index (χ0) is 12.3. The maximum atomic E-state index is 4.48. The normalized spacial score (nSPS) is 11.3. The molecular formula is C12H18N4S. The third-order valence-electron chi connectivity index (χ3n) is 2.41. The summed E-state index contributed by atoms with van der Waals surface area (Å²) in [4.78, 5) is 4.32. The van der Waals surface area contributed by atoms with E-state index in [1.165, 1.54) is 5.56 Å². The van der Waals surface area contributed by atoms with E-state index in [1.54, 1.807) is 11.3 Å². The summed E-state index contributed by atoms with van der Waals surface area (Å²) >= 11 is 1.63. The van der Waals surface area contributed by atoms with Crippen molar-refractivity contribution in [3.8, 4) is 10.7 Å². The summed E-state index contributed by atoms with van der Waals surface area (Å²) < 4.78 is 1.85. The van der Waals surface area contributed by atoms with E-state index >= 15 is 0 Å². The molecule has 17 heavy (non-hydrogen) atoms. The van der Waals surface area contributed by atoms with Gasteiger partial charge in [-0.2, -0.15) is 5.10 Å².